The van der Waals surface area contributed by atoms with Gasteiger partial charge in [-0.3, -0.25) is 9.80 Å². The third kappa shape index (κ3) is 6.70. The van der Waals surface area contributed by atoms with Crippen LogP contribution in [-0.4, -0.2) is 79.3 Å². The zero-order chi connectivity index (χ0) is 29.6. The van der Waals surface area contributed by atoms with Crippen molar-refractivity contribution in [1.82, 2.24) is 14.8 Å². The Labute approximate surface area is 244 Å². The largest absolute Gasteiger partial charge is 0.501 e. The molecule has 0 saturated carbocycles. The standard InChI is InChI=1S/C32H35F2N5O3/c1-22-19-28(23-7-11-25(33)12-8-23)36-39(32(22)24-9-13-26(34)14-10-24)21-31(40)38-17-15-37(16-18-38)29-6-4-5-27(41-2)20-30(35-29)42-3/h6-14,20H,4-5,15-19,21H2,1-3H3/b27-20-,29-6+,35-30+. The molecule has 42 heavy (non-hydrogen) atoms. The molecule has 3 heterocycles. The van der Waals surface area contributed by atoms with Crippen LogP contribution in [0.4, 0.5) is 8.78 Å². The van der Waals surface area contributed by atoms with Gasteiger partial charge in [0.15, 0.2) is 0 Å². The highest BCUT2D eigenvalue weighted by Crippen LogP contribution is 2.31. The average Bonchev–Trinajstić information content (AvgIpc) is 2.98. The lowest BCUT2D eigenvalue weighted by Crippen LogP contribution is -2.50. The Kier molecular flexibility index (Phi) is 9.00. The number of amides is 1. The normalized spacial score (nSPS) is 21.7. The first-order valence-electron chi connectivity index (χ1n) is 14.0. The zero-order valence-corrected chi connectivity index (χ0v) is 24.1. The van der Waals surface area contributed by atoms with Crippen molar-refractivity contribution in [2.24, 2.45) is 10.1 Å². The Morgan fingerprint density at radius 1 is 0.905 bits per heavy atom. The van der Waals surface area contributed by atoms with Gasteiger partial charge >= 0.3 is 0 Å². The number of hydrazone groups is 1. The van der Waals surface area contributed by atoms with Crippen molar-refractivity contribution in [1.29, 1.82) is 0 Å². The number of carbonyl (C=O) groups is 1. The van der Waals surface area contributed by atoms with Gasteiger partial charge in [-0.25, -0.2) is 8.78 Å². The fourth-order valence-corrected chi connectivity index (χ4v) is 5.33. The molecule has 0 aliphatic carbocycles. The molecule has 0 N–H and O–H groups in total. The number of allylic oxidation sites excluding steroid dienone is 3. The summed E-state index contributed by atoms with van der Waals surface area (Å²) in [5.41, 5.74) is 4.07. The van der Waals surface area contributed by atoms with Crippen molar-refractivity contribution in [2.45, 2.75) is 26.2 Å². The number of benzene rings is 2. The van der Waals surface area contributed by atoms with E-state index < -0.39 is 0 Å². The molecular weight excluding hydrogens is 540 g/mol. The molecule has 1 saturated heterocycles. The number of aliphatic imine (C=N–C) groups is 1. The van der Waals surface area contributed by atoms with E-state index in [1.165, 1.54) is 24.3 Å². The van der Waals surface area contributed by atoms with Crippen LogP contribution >= 0.6 is 0 Å². The number of hydrogen-bond acceptors (Lipinski definition) is 7. The molecule has 0 aromatic heterocycles. The minimum Gasteiger partial charge on any atom is -0.501 e. The van der Waals surface area contributed by atoms with Gasteiger partial charge in [0.2, 0.25) is 11.8 Å². The van der Waals surface area contributed by atoms with Crippen molar-refractivity contribution < 1.29 is 23.0 Å². The molecule has 2 aromatic rings. The van der Waals surface area contributed by atoms with E-state index in [9.17, 15) is 13.6 Å². The molecule has 0 spiro atoms. The number of nitrogens with zero attached hydrogens (tertiary/aromatic N) is 5. The van der Waals surface area contributed by atoms with Gasteiger partial charge in [0.1, 0.15) is 29.8 Å². The lowest BCUT2D eigenvalue weighted by Gasteiger charge is -2.37. The summed E-state index contributed by atoms with van der Waals surface area (Å²) >= 11 is 0. The number of hydrogen-bond donors (Lipinski definition) is 0. The summed E-state index contributed by atoms with van der Waals surface area (Å²) in [6.07, 6.45) is 5.95. The van der Waals surface area contributed by atoms with Gasteiger partial charge in [-0.15, -0.1) is 0 Å². The Bertz CT molecular complexity index is 1450. The van der Waals surface area contributed by atoms with Crippen LogP contribution < -0.4 is 0 Å². The van der Waals surface area contributed by atoms with Gasteiger partial charge in [-0.05, 0) is 72.5 Å². The van der Waals surface area contributed by atoms with Gasteiger partial charge in [-0.2, -0.15) is 10.1 Å². The molecular formula is C32H35F2N5O3. The molecule has 0 bridgehead atoms. The van der Waals surface area contributed by atoms with Crippen LogP contribution in [-0.2, 0) is 14.3 Å². The lowest BCUT2D eigenvalue weighted by atomic mass is 9.97. The Morgan fingerprint density at radius 3 is 2.17 bits per heavy atom. The molecule has 3 aliphatic heterocycles. The maximum absolute atomic E-state index is 13.7. The molecule has 220 valence electrons. The number of rotatable bonds is 6. The van der Waals surface area contributed by atoms with Crippen LogP contribution in [0.1, 0.15) is 37.3 Å². The second kappa shape index (κ2) is 13.0. The minimum atomic E-state index is -0.333. The Balaban J connectivity index is 1.32. The van der Waals surface area contributed by atoms with E-state index in [2.05, 4.69) is 16.0 Å². The van der Waals surface area contributed by atoms with E-state index in [0.29, 0.717) is 38.5 Å². The maximum Gasteiger partial charge on any atom is 0.244 e. The van der Waals surface area contributed by atoms with Gasteiger partial charge < -0.3 is 19.3 Å². The van der Waals surface area contributed by atoms with E-state index in [4.69, 9.17) is 14.6 Å². The first kappa shape index (κ1) is 29.0. The highest BCUT2D eigenvalue weighted by molar-refractivity contribution is 6.04. The monoisotopic (exact) mass is 575 g/mol. The van der Waals surface area contributed by atoms with E-state index in [1.54, 1.807) is 49.6 Å². The van der Waals surface area contributed by atoms with Gasteiger partial charge in [-0.1, -0.05) is 12.1 Å². The van der Waals surface area contributed by atoms with E-state index in [-0.39, 0.29) is 24.1 Å². The SMILES string of the molecule is CO\C1=C/C(OC)=N\C(N2CCN(C(=O)CN3N=C(c4ccc(F)cc4)CC(C)=C3c3ccc(F)cc3)CC2)=C/CC1. The predicted octanol–water partition coefficient (Wildman–Crippen LogP) is 5.16. The summed E-state index contributed by atoms with van der Waals surface area (Å²) in [7, 11) is 3.22. The van der Waals surface area contributed by atoms with E-state index in [1.807, 2.05) is 11.8 Å². The predicted molar refractivity (Wildman–Crippen MR) is 158 cm³/mol. The Hall–Kier alpha value is -4.47. The molecule has 2 aromatic carbocycles. The number of piperazine rings is 1. The van der Waals surface area contributed by atoms with Crippen LogP contribution in [0.5, 0.6) is 0 Å². The molecule has 3 aliphatic rings. The van der Waals surface area contributed by atoms with E-state index >= 15 is 0 Å². The van der Waals surface area contributed by atoms with Crippen molar-refractivity contribution in [2.75, 3.05) is 46.9 Å². The molecule has 0 atom stereocenters. The Morgan fingerprint density at radius 2 is 1.55 bits per heavy atom. The van der Waals surface area contributed by atoms with E-state index in [0.717, 1.165) is 52.5 Å². The second-order valence-corrected chi connectivity index (χ2v) is 10.4. The molecule has 1 fully saturated rings. The summed E-state index contributed by atoms with van der Waals surface area (Å²) in [4.78, 5) is 22.3. The van der Waals surface area contributed by atoms with Crippen molar-refractivity contribution in [3.63, 3.8) is 0 Å². The smallest absolute Gasteiger partial charge is 0.244 e. The van der Waals surface area contributed by atoms with Crippen molar-refractivity contribution >= 4 is 23.2 Å². The van der Waals surface area contributed by atoms with Crippen LogP contribution in [0.25, 0.3) is 5.70 Å². The zero-order valence-electron chi connectivity index (χ0n) is 24.1. The summed E-state index contributed by atoms with van der Waals surface area (Å²) in [5.74, 6) is 1.40. The fourth-order valence-electron chi connectivity index (χ4n) is 5.33. The minimum absolute atomic E-state index is 0.0218. The van der Waals surface area contributed by atoms with Crippen LogP contribution in [0, 0.1) is 11.6 Å². The molecule has 1 amide bonds. The summed E-state index contributed by atoms with van der Waals surface area (Å²) in [5, 5.41) is 6.55. The molecule has 5 rings (SSSR count). The summed E-state index contributed by atoms with van der Waals surface area (Å²) < 4.78 is 38.1. The number of ether oxygens (including phenoxy) is 2. The molecule has 8 nitrogen and oxygen atoms in total. The first-order chi connectivity index (χ1) is 20.3. The van der Waals surface area contributed by atoms with Crippen LogP contribution in [0.2, 0.25) is 0 Å². The van der Waals surface area contributed by atoms with Gasteiger partial charge in [0.25, 0.3) is 0 Å². The highest BCUT2D eigenvalue weighted by atomic mass is 19.1. The van der Waals surface area contributed by atoms with Crippen molar-refractivity contribution in [3.8, 4) is 0 Å². The molecule has 10 heteroatoms. The van der Waals surface area contributed by atoms with Crippen LogP contribution in [0.3, 0.4) is 0 Å². The second-order valence-electron chi connectivity index (χ2n) is 10.4. The summed E-state index contributed by atoms with van der Waals surface area (Å²) in [6.45, 7) is 4.32. The summed E-state index contributed by atoms with van der Waals surface area (Å²) in [6, 6.07) is 12.4. The first-order valence-corrected chi connectivity index (χ1v) is 14.0. The fraction of sp³-hybridized carbons (Fsp3) is 0.344. The van der Waals surface area contributed by atoms with Gasteiger partial charge in [0, 0.05) is 45.1 Å². The third-order valence-electron chi connectivity index (χ3n) is 7.57. The molecule has 0 unspecified atom stereocenters. The maximum atomic E-state index is 13.7. The molecule has 0 radical (unpaired) electrons. The lowest BCUT2D eigenvalue weighted by molar-refractivity contribution is -0.133. The van der Waals surface area contributed by atoms with Gasteiger partial charge in [0.05, 0.1) is 25.6 Å². The quantitative estimate of drug-likeness (QED) is 0.476. The number of methoxy groups -OCH3 is 2. The number of carbonyl (C=O) groups excluding carboxylic acids is 1. The number of halogens is 2. The average molecular weight is 576 g/mol. The highest BCUT2D eigenvalue weighted by Gasteiger charge is 2.28. The van der Waals surface area contributed by atoms with Crippen LogP contribution in [0.15, 0.2) is 87.9 Å². The third-order valence-corrected chi connectivity index (χ3v) is 7.57. The topological polar surface area (TPSA) is 70.0 Å². The van der Waals surface area contributed by atoms with Crippen molar-refractivity contribution in [3.05, 3.63) is 101 Å².